The number of aryl methyl sites for hydroxylation is 1. The van der Waals surface area contributed by atoms with Crippen LogP contribution >= 0.6 is 11.6 Å². The largest absolute Gasteiger partial charge is 0.368 e. The molecule has 1 N–H and O–H groups in total. The van der Waals surface area contributed by atoms with E-state index >= 15 is 0 Å². The number of rotatable bonds is 3. The number of anilines is 1. The summed E-state index contributed by atoms with van der Waals surface area (Å²) >= 11 is 6.05. The summed E-state index contributed by atoms with van der Waals surface area (Å²) in [5.74, 6) is 0.966. The predicted octanol–water partition coefficient (Wildman–Crippen LogP) is 5.48. The van der Waals surface area contributed by atoms with Crippen LogP contribution < -0.4 is 5.32 Å². The van der Waals surface area contributed by atoms with Crippen molar-refractivity contribution in [2.45, 2.75) is 53.0 Å². The van der Waals surface area contributed by atoms with E-state index in [4.69, 9.17) is 21.7 Å². The minimum absolute atomic E-state index is 0.0510. The Morgan fingerprint density at radius 1 is 1.12 bits per heavy atom. The second-order valence-electron chi connectivity index (χ2n) is 7.78. The number of aromatic nitrogens is 3. The summed E-state index contributed by atoms with van der Waals surface area (Å²) in [6, 6.07) is 10.3. The standard InChI is InChI=1S/C20H25ClN4/c1-12(2)22-17-11-16(20(4,5)6)23-19-18(13(3)24-25(17)19)14-7-9-15(21)10-8-14/h7-12,22H,1-6H3. The molecule has 0 atom stereocenters. The first-order valence-electron chi connectivity index (χ1n) is 8.60. The van der Waals surface area contributed by atoms with Gasteiger partial charge >= 0.3 is 0 Å². The molecule has 3 rings (SSSR count). The van der Waals surface area contributed by atoms with Crippen molar-refractivity contribution in [3.63, 3.8) is 0 Å². The molecular formula is C20H25ClN4. The van der Waals surface area contributed by atoms with Gasteiger partial charge in [-0.1, -0.05) is 44.5 Å². The predicted molar refractivity (Wildman–Crippen MR) is 106 cm³/mol. The van der Waals surface area contributed by atoms with Gasteiger partial charge in [-0.2, -0.15) is 9.61 Å². The Labute approximate surface area is 154 Å². The Bertz CT molecular complexity index is 902. The van der Waals surface area contributed by atoms with E-state index in [0.29, 0.717) is 6.04 Å². The maximum Gasteiger partial charge on any atom is 0.165 e. The van der Waals surface area contributed by atoms with Crippen LogP contribution in [0.25, 0.3) is 16.8 Å². The zero-order valence-corrected chi connectivity index (χ0v) is 16.4. The van der Waals surface area contributed by atoms with Gasteiger partial charge in [0.05, 0.1) is 11.4 Å². The third-order valence-corrected chi connectivity index (χ3v) is 4.35. The number of nitrogens with one attached hydrogen (secondary N) is 1. The fraction of sp³-hybridized carbons (Fsp3) is 0.400. The molecule has 3 aromatic rings. The number of hydrogen-bond donors (Lipinski definition) is 1. The quantitative estimate of drug-likeness (QED) is 0.676. The summed E-state index contributed by atoms with van der Waals surface area (Å²) in [7, 11) is 0. The molecule has 4 nitrogen and oxygen atoms in total. The van der Waals surface area contributed by atoms with E-state index in [1.807, 2.05) is 35.7 Å². The minimum atomic E-state index is -0.0510. The molecule has 5 heteroatoms. The molecule has 0 amide bonds. The van der Waals surface area contributed by atoms with Crippen molar-refractivity contribution in [1.29, 1.82) is 0 Å². The van der Waals surface area contributed by atoms with Crippen LogP contribution in [0.15, 0.2) is 30.3 Å². The van der Waals surface area contributed by atoms with Gasteiger partial charge in [0.1, 0.15) is 5.82 Å². The summed E-state index contributed by atoms with van der Waals surface area (Å²) < 4.78 is 1.91. The molecule has 0 aliphatic carbocycles. The average Bonchev–Trinajstić information content (AvgIpc) is 2.83. The van der Waals surface area contributed by atoms with Crippen molar-refractivity contribution in [2.24, 2.45) is 0 Å². The van der Waals surface area contributed by atoms with Gasteiger partial charge in [-0.25, -0.2) is 4.98 Å². The number of fused-ring (bicyclic) bond motifs is 1. The fourth-order valence-corrected chi connectivity index (χ4v) is 2.99. The third kappa shape index (κ3) is 3.49. The van der Waals surface area contributed by atoms with Crippen molar-refractivity contribution >= 4 is 23.1 Å². The van der Waals surface area contributed by atoms with E-state index in [9.17, 15) is 0 Å². The van der Waals surface area contributed by atoms with E-state index in [0.717, 1.165) is 39.0 Å². The molecule has 132 valence electrons. The zero-order valence-electron chi connectivity index (χ0n) is 15.7. The Morgan fingerprint density at radius 2 is 1.76 bits per heavy atom. The maximum atomic E-state index is 6.05. The summed E-state index contributed by atoms with van der Waals surface area (Å²) in [6.07, 6.45) is 0. The van der Waals surface area contributed by atoms with Crippen LogP contribution in [0.2, 0.25) is 5.02 Å². The highest BCUT2D eigenvalue weighted by Gasteiger charge is 2.22. The highest BCUT2D eigenvalue weighted by Crippen LogP contribution is 2.32. The molecule has 0 bridgehead atoms. The minimum Gasteiger partial charge on any atom is -0.368 e. The zero-order chi connectivity index (χ0) is 18.4. The molecule has 0 aliphatic rings. The molecule has 2 aromatic heterocycles. The Balaban J connectivity index is 2.31. The SMILES string of the molecule is Cc1nn2c(NC(C)C)cc(C(C)(C)C)nc2c1-c1ccc(Cl)cc1. The molecule has 0 aliphatic heterocycles. The van der Waals surface area contributed by atoms with E-state index < -0.39 is 0 Å². The molecule has 0 fully saturated rings. The highest BCUT2D eigenvalue weighted by molar-refractivity contribution is 6.30. The number of benzene rings is 1. The third-order valence-electron chi connectivity index (χ3n) is 4.10. The van der Waals surface area contributed by atoms with Crippen molar-refractivity contribution < 1.29 is 0 Å². The van der Waals surface area contributed by atoms with Gasteiger partial charge < -0.3 is 5.32 Å². The van der Waals surface area contributed by atoms with Gasteiger partial charge in [-0.3, -0.25) is 0 Å². The molecule has 0 spiro atoms. The second kappa shape index (κ2) is 6.34. The molecule has 25 heavy (non-hydrogen) atoms. The van der Waals surface area contributed by atoms with Crippen molar-refractivity contribution in [1.82, 2.24) is 14.6 Å². The van der Waals surface area contributed by atoms with Gasteiger partial charge in [-0.15, -0.1) is 0 Å². The number of hydrogen-bond acceptors (Lipinski definition) is 3. The van der Waals surface area contributed by atoms with E-state index in [1.54, 1.807) is 0 Å². The lowest BCUT2D eigenvalue weighted by molar-refractivity contribution is 0.568. The normalized spacial score (nSPS) is 12.2. The molecule has 0 radical (unpaired) electrons. The van der Waals surface area contributed by atoms with Crippen LogP contribution in [0, 0.1) is 6.92 Å². The number of nitrogens with zero attached hydrogens (tertiary/aromatic N) is 3. The van der Waals surface area contributed by atoms with Crippen molar-refractivity contribution in [3.05, 3.63) is 46.7 Å². The smallest absolute Gasteiger partial charge is 0.165 e. The lowest BCUT2D eigenvalue weighted by atomic mass is 9.92. The number of halogens is 1. The monoisotopic (exact) mass is 356 g/mol. The van der Waals surface area contributed by atoms with Gasteiger partial charge in [0, 0.05) is 28.1 Å². The molecular weight excluding hydrogens is 332 g/mol. The maximum absolute atomic E-state index is 6.05. The molecule has 0 saturated heterocycles. The second-order valence-corrected chi connectivity index (χ2v) is 8.21. The van der Waals surface area contributed by atoms with Crippen LogP contribution in [0.3, 0.4) is 0 Å². The summed E-state index contributed by atoms with van der Waals surface area (Å²) in [5.41, 5.74) is 4.94. The Morgan fingerprint density at radius 3 is 2.32 bits per heavy atom. The van der Waals surface area contributed by atoms with Crippen molar-refractivity contribution in [3.8, 4) is 11.1 Å². The van der Waals surface area contributed by atoms with Crippen LogP contribution in [-0.2, 0) is 5.41 Å². The van der Waals surface area contributed by atoms with Crippen LogP contribution in [-0.4, -0.2) is 20.6 Å². The average molecular weight is 357 g/mol. The molecule has 1 aromatic carbocycles. The molecule has 0 unspecified atom stereocenters. The van der Waals surface area contributed by atoms with Crippen molar-refractivity contribution in [2.75, 3.05) is 5.32 Å². The molecule has 2 heterocycles. The van der Waals surface area contributed by atoms with Gasteiger partial charge in [0.2, 0.25) is 0 Å². The van der Waals surface area contributed by atoms with E-state index in [2.05, 4.69) is 46.0 Å². The Kier molecular flexibility index (Phi) is 4.50. The lowest BCUT2D eigenvalue weighted by Crippen LogP contribution is -2.19. The van der Waals surface area contributed by atoms with Gasteiger partial charge in [-0.05, 0) is 38.5 Å². The van der Waals surface area contributed by atoms with Gasteiger partial charge in [0.15, 0.2) is 5.65 Å². The Hall–Kier alpha value is -2.07. The summed E-state index contributed by atoms with van der Waals surface area (Å²) in [5, 5.41) is 8.97. The first-order chi connectivity index (χ1) is 11.7. The van der Waals surface area contributed by atoms with Crippen LogP contribution in [0.1, 0.15) is 46.0 Å². The van der Waals surface area contributed by atoms with E-state index in [1.165, 1.54) is 0 Å². The first kappa shape index (κ1) is 17.7. The molecule has 0 saturated carbocycles. The lowest BCUT2D eigenvalue weighted by Gasteiger charge is -2.20. The first-order valence-corrected chi connectivity index (χ1v) is 8.98. The van der Waals surface area contributed by atoms with Crippen LogP contribution in [0.5, 0.6) is 0 Å². The summed E-state index contributed by atoms with van der Waals surface area (Å²) in [6.45, 7) is 12.8. The summed E-state index contributed by atoms with van der Waals surface area (Å²) in [4.78, 5) is 4.96. The highest BCUT2D eigenvalue weighted by atomic mass is 35.5. The fourth-order valence-electron chi connectivity index (χ4n) is 2.86. The van der Waals surface area contributed by atoms with Gasteiger partial charge in [0.25, 0.3) is 0 Å². The topological polar surface area (TPSA) is 42.2 Å². The van der Waals surface area contributed by atoms with E-state index in [-0.39, 0.29) is 5.41 Å². The van der Waals surface area contributed by atoms with Crippen LogP contribution in [0.4, 0.5) is 5.82 Å².